The molecule has 4 rings (SSSR count). The van der Waals surface area contributed by atoms with E-state index in [2.05, 4.69) is 0 Å². The van der Waals surface area contributed by atoms with Gasteiger partial charge in [-0.2, -0.15) is 0 Å². The van der Waals surface area contributed by atoms with E-state index in [1.165, 1.54) is 21.0 Å². The number of aliphatic hydroxyl groups is 10. The van der Waals surface area contributed by atoms with Gasteiger partial charge >= 0.3 is 0 Å². The molecular formula is C26H46O18. The fourth-order valence-corrected chi connectivity index (χ4v) is 5.87. The van der Waals surface area contributed by atoms with Crippen molar-refractivity contribution in [3.63, 3.8) is 0 Å². The first-order chi connectivity index (χ1) is 20.7. The van der Waals surface area contributed by atoms with E-state index in [0.717, 1.165) is 0 Å². The average molecular weight is 647 g/mol. The lowest BCUT2D eigenvalue weighted by atomic mass is 9.90. The van der Waals surface area contributed by atoms with Crippen LogP contribution < -0.4 is 0 Å². The van der Waals surface area contributed by atoms with E-state index in [9.17, 15) is 51.1 Å². The van der Waals surface area contributed by atoms with Crippen LogP contribution in [0, 0.1) is 5.92 Å². The van der Waals surface area contributed by atoms with E-state index < -0.39 is 129 Å². The van der Waals surface area contributed by atoms with Crippen molar-refractivity contribution in [2.75, 3.05) is 26.9 Å². The fourth-order valence-electron chi connectivity index (χ4n) is 5.87. The van der Waals surface area contributed by atoms with Crippen LogP contribution in [-0.4, -0.2) is 188 Å². The Balaban J connectivity index is 1.65. The molecule has 0 aromatic heterocycles. The van der Waals surface area contributed by atoms with Crippen LogP contribution in [0.1, 0.15) is 20.8 Å². The summed E-state index contributed by atoms with van der Waals surface area (Å²) in [5, 5.41) is 104. The molecule has 4 aliphatic rings. The van der Waals surface area contributed by atoms with Crippen LogP contribution in [0.15, 0.2) is 0 Å². The number of hydrogen-bond donors (Lipinski definition) is 10. The van der Waals surface area contributed by atoms with Gasteiger partial charge in [-0.3, -0.25) is 0 Å². The van der Waals surface area contributed by atoms with Crippen LogP contribution in [0.4, 0.5) is 0 Å². The van der Waals surface area contributed by atoms with Gasteiger partial charge in [0, 0.05) is 13.0 Å². The molecule has 0 saturated carbocycles. The smallest absolute Gasteiger partial charge is 0.194 e. The molecule has 0 spiro atoms. The minimum absolute atomic E-state index is 0.387. The molecule has 0 aromatic carbocycles. The molecule has 0 amide bonds. The maximum absolute atomic E-state index is 11.0. The molecule has 0 aliphatic carbocycles. The summed E-state index contributed by atoms with van der Waals surface area (Å²) < 4.78 is 46.3. The van der Waals surface area contributed by atoms with E-state index >= 15 is 0 Å². The van der Waals surface area contributed by atoms with Gasteiger partial charge in [-0.1, -0.05) is 6.92 Å². The largest absolute Gasteiger partial charge is 0.394 e. The minimum atomic E-state index is -1.91. The summed E-state index contributed by atoms with van der Waals surface area (Å²) in [6.45, 7) is 2.56. The van der Waals surface area contributed by atoms with E-state index in [1.54, 1.807) is 6.92 Å². The standard InChI is InChI=1S/C26H46O18/c1-8-19(44-26(3)22(36)14(31)10(29)7-38-26)20(12(6-28)41-23(8)37-4)42-25-21(17(34)15(32)11(5-27)40-25)43-24-18(35)16(33)13(30)9(2)39-24/h8-25,27-36H,5-7H2,1-4H3/t8?,9?,10?,11?,12?,13-,14-,15+,16+,17+,18?,19-,20-,21?,22+,23-,24+,25+,26?/m1/s1. The summed E-state index contributed by atoms with van der Waals surface area (Å²) in [5.74, 6) is -2.63. The Hall–Kier alpha value is -0.720. The summed E-state index contributed by atoms with van der Waals surface area (Å²) >= 11 is 0. The number of methoxy groups -OCH3 is 1. The molecular weight excluding hydrogens is 600 g/mol. The zero-order valence-corrected chi connectivity index (χ0v) is 24.8. The van der Waals surface area contributed by atoms with Crippen LogP contribution in [0.5, 0.6) is 0 Å². The Morgan fingerprint density at radius 2 is 1.27 bits per heavy atom. The molecule has 8 unspecified atom stereocenters. The van der Waals surface area contributed by atoms with Crippen molar-refractivity contribution >= 4 is 0 Å². The van der Waals surface area contributed by atoms with Crippen LogP contribution in [0.25, 0.3) is 0 Å². The van der Waals surface area contributed by atoms with E-state index in [4.69, 9.17) is 37.9 Å². The second-order valence-corrected chi connectivity index (χ2v) is 11.8. The molecule has 0 bridgehead atoms. The normalized spacial score (nSPS) is 53.9. The molecule has 4 saturated heterocycles. The van der Waals surface area contributed by atoms with Gasteiger partial charge in [0.25, 0.3) is 0 Å². The van der Waals surface area contributed by atoms with Gasteiger partial charge in [0.15, 0.2) is 24.7 Å². The molecule has 19 atom stereocenters. The van der Waals surface area contributed by atoms with Crippen molar-refractivity contribution in [1.29, 1.82) is 0 Å². The lowest BCUT2D eigenvalue weighted by molar-refractivity contribution is -0.406. The summed E-state index contributed by atoms with van der Waals surface area (Å²) in [5.41, 5.74) is 0. The highest BCUT2D eigenvalue weighted by Crippen LogP contribution is 2.39. The van der Waals surface area contributed by atoms with Gasteiger partial charge in [0.1, 0.15) is 73.2 Å². The van der Waals surface area contributed by atoms with Crippen LogP contribution in [0.3, 0.4) is 0 Å². The lowest BCUT2D eigenvalue weighted by Crippen LogP contribution is -2.68. The van der Waals surface area contributed by atoms with E-state index in [0.29, 0.717) is 0 Å². The summed E-state index contributed by atoms with van der Waals surface area (Å²) in [4.78, 5) is 0. The highest BCUT2D eigenvalue weighted by Gasteiger charge is 2.56. The molecule has 10 N–H and O–H groups in total. The summed E-state index contributed by atoms with van der Waals surface area (Å²) in [6, 6.07) is 0. The monoisotopic (exact) mass is 646 g/mol. The first-order valence-electron chi connectivity index (χ1n) is 14.5. The Morgan fingerprint density at radius 3 is 1.89 bits per heavy atom. The molecule has 0 radical (unpaired) electrons. The molecule has 0 aromatic rings. The van der Waals surface area contributed by atoms with E-state index in [1.807, 2.05) is 0 Å². The van der Waals surface area contributed by atoms with Crippen LogP contribution in [-0.2, 0) is 37.9 Å². The number of ether oxygens (including phenoxy) is 8. The maximum atomic E-state index is 11.0. The van der Waals surface area contributed by atoms with Crippen LogP contribution in [0.2, 0.25) is 0 Å². The molecule has 18 heteroatoms. The molecule has 258 valence electrons. The highest BCUT2D eigenvalue weighted by molar-refractivity contribution is 4.98. The number of rotatable bonds is 9. The molecule has 4 fully saturated rings. The second-order valence-electron chi connectivity index (χ2n) is 11.8. The van der Waals surface area contributed by atoms with Crippen molar-refractivity contribution < 1.29 is 89.0 Å². The topological polar surface area (TPSA) is 276 Å². The Kier molecular flexibility index (Phi) is 12.0. The highest BCUT2D eigenvalue weighted by atomic mass is 16.8. The van der Waals surface area contributed by atoms with Crippen LogP contribution >= 0.6 is 0 Å². The maximum Gasteiger partial charge on any atom is 0.194 e. The van der Waals surface area contributed by atoms with Gasteiger partial charge in [0.2, 0.25) is 0 Å². The SMILES string of the molecule is CO[C@@H]1OC(CO)[C@@H](O[C@@H]2OC(CO)[C@H](O)[C@H](O)C2O[C@@H]2OC(C)[C@@H](O)[C@H](O)C2O)[C@H](OC2(C)OCC(O)[C@@H](O)[C@@H]2O)C1C. The van der Waals surface area contributed by atoms with Gasteiger partial charge in [-0.05, 0) is 13.8 Å². The zero-order valence-electron chi connectivity index (χ0n) is 24.8. The van der Waals surface area contributed by atoms with Gasteiger partial charge in [-0.25, -0.2) is 0 Å². The fraction of sp³-hybridized carbons (Fsp3) is 1.00. The summed E-state index contributed by atoms with van der Waals surface area (Å²) in [7, 11) is 1.35. The Bertz CT molecular complexity index is 916. The molecule has 4 aliphatic heterocycles. The first kappa shape index (κ1) is 36.1. The number of aliphatic hydroxyl groups excluding tert-OH is 10. The van der Waals surface area contributed by atoms with E-state index in [-0.39, 0.29) is 6.61 Å². The van der Waals surface area contributed by atoms with Crippen molar-refractivity contribution in [3.05, 3.63) is 0 Å². The van der Waals surface area contributed by atoms with Gasteiger partial charge in [0.05, 0.1) is 32.0 Å². The lowest BCUT2D eigenvalue weighted by Gasteiger charge is -2.52. The third kappa shape index (κ3) is 6.93. The molecule has 4 heterocycles. The van der Waals surface area contributed by atoms with Crippen molar-refractivity contribution in [1.82, 2.24) is 0 Å². The predicted molar refractivity (Wildman–Crippen MR) is 139 cm³/mol. The Morgan fingerprint density at radius 1 is 0.659 bits per heavy atom. The first-order valence-corrected chi connectivity index (χ1v) is 14.5. The second kappa shape index (κ2) is 14.6. The third-order valence-corrected chi connectivity index (χ3v) is 8.74. The van der Waals surface area contributed by atoms with Crippen molar-refractivity contribution in [2.45, 2.75) is 131 Å². The zero-order chi connectivity index (χ0) is 32.7. The summed E-state index contributed by atoms with van der Waals surface area (Å²) in [6.07, 6.45) is -25.3. The molecule has 44 heavy (non-hydrogen) atoms. The predicted octanol–water partition coefficient (Wildman–Crippen LogP) is -5.76. The van der Waals surface area contributed by atoms with Gasteiger partial charge in [-0.15, -0.1) is 0 Å². The Labute approximate surface area is 253 Å². The van der Waals surface area contributed by atoms with Crippen molar-refractivity contribution in [2.24, 2.45) is 5.92 Å². The quantitative estimate of drug-likeness (QED) is 0.112. The third-order valence-electron chi connectivity index (χ3n) is 8.74. The number of hydrogen-bond acceptors (Lipinski definition) is 18. The molecule has 18 nitrogen and oxygen atoms in total. The average Bonchev–Trinajstić information content (AvgIpc) is 3.01. The van der Waals surface area contributed by atoms with Gasteiger partial charge < -0.3 is 89.0 Å². The van der Waals surface area contributed by atoms with Crippen molar-refractivity contribution in [3.8, 4) is 0 Å². The minimum Gasteiger partial charge on any atom is -0.394 e.